The van der Waals surface area contributed by atoms with Crippen molar-refractivity contribution in [3.8, 4) is 0 Å². The molecule has 8 atom stereocenters. The number of carbonyl (C=O) groups is 2. The predicted octanol–water partition coefficient (Wildman–Crippen LogP) is 20.4. The van der Waals surface area contributed by atoms with Gasteiger partial charge in [0.15, 0.2) is 12.4 Å². The average Bonchev–Trinajstić information content (AvgIpc) is 1.14. The van der Waals surface area contributed by atoms with Gasteiger partial charge in [-0.3, -0.25) is 9.59 Å². The number of aliphatic hydroxyl groups excluding tert-OH is 5. The van der Waals surface area contributed by atoms with Crippen molar-refractivity contribution in [2.75, 3.05) is 13.2 Å². The summed E-state index contributed by atoms with van der Waals surface area (Å²) in [5.74, 6) is -1.19. The van der Waals surface area contributed by atoms with Crippen molar-refractivity contribution in [1.29, 1.82) is 0 Å². The SMILES string of the molecule is CCCCC/C=C\C/C=C\C/C=C\CCCCCCCCCCCCCCCCC(=O)OC1C(OCC(NC(=O)C(O)CCCCCCCCCCCCC/C=C\C/C=C\C/C=C\CCCCC)C(O)/C=C/CCCCCCCCCCC)OC(CO)C(O)C1O. The van der Waals surface area contributed by atoms with Crippen LogP contribution in [-0.2, 0) is 23.8 Å². The first-order valence-electron chi connectivity index (χ1n) is 38.4. The molecule has 0 aromatic rings. The number of rotatable bonds is 66. The second kappa shape index (κ2) is 66.8. The van der Waals surface area contributed by atoms with Crippen molar-refractivity contribution < 1.29 is 49.3 Å². The Morgan fingerprint density at radius 1 is 0.429 bits per heavy atom. The summed E-state index contributed by atoms with van der Waals surface area (Å²) in [6, 6.07) is -1.03. The highest BCUT2D eigenvalue weighted by molar-refractivity contribution is 5.80. The van der Waals surface area contributed by atoms with Crippen LogP contribution in [0.2, 0.25) is 0 Å². The Hall–Kier alpha value is -3.16. The lowest BCUT2D eigenvalue weighted by Gasteiger charge is -2.41. The third-order valence-electron chi connectivity index (χ3n) is 17.8. The van der Waals surface area contributed by atoms with Crippen LogP contribution in [-0.4, -0.2) is 99.6 Å². The van der Waals surface area contributed by atoms with Gasteiger partial charge in [-0.25, -0.2) is 0 Å². The number of nitrogens with one attached hydrogen (secondary N) is 1. The second-order valence-electron chi connectivity index (χ2n) is 26.4. The summed E-state index contributed by atoms with van der Waals surface area (Å²) in [6.07, 6.45) is 79.1. The zero-order valence-electron chi connectivity index (χ0n) is 59.0. The second-order valence-corrected chi connectivity index (χ2v) is 26.4. The number of hydrogen-bond acceptors (Lipinski definition) is 10. The lowest BCUT2D eigenvalue weighted by molar-refractivity contribution is -0.305. The quantitative estimate of drug-likeness (QED) is 0.0195. The van der Waals surface area contributed by atoms with Gasteiger partial charge in [-0.05, 0) is 103 Å². The lowest BCUT2D eigenvalue weighted by atomic mass is 9.99. The standard InChI is InChI=1S/C80H143NO10/c1-4-7-10-13-16-19-22-24-26-28-30-32-34-36-37-38-40-42-44-46-48-50-53-56-59-62-65-68-75(85)91-78-77(87)76(86)74(69-82)90-80(78)89-70-71(72(83)66-63-60-57-54-51-21-18-15-12-9-6-3)81-79(88)73(84)67-64-61-58-55-52-49-47-45-43-41-39-35-33-31-29-27-25-23-20-17-14-11-8-5-2/h16-17,19-20,24-27,30-33,63,66,71-74,76-78,80,82-84,86-87H,4-15,18,21-23,28-29,34-62,64-65,67-70H2,1-3H3,(H,81,88)/b19-16-,20-17-,26-24-,27-25-,32-30-,33-31-,66-63+. The maximum atomic E-state index is 13.5. The first-order chi connectivity index (χ1) is 44.7. The van der Waals surface area contributed by atoms with Gasteiger partial charge in [0, 0.05) is 6.42 Å². The molecule has 1 aliphatic heterocycles. The summed E-state index contributed by atoms with van der Waals surface area (Å²) in [6.45, 7) is 5.77. The van der Waals surface area contributed by atoms with E-state index in [2.05, 4.69) is 99.0 Å². The molecule has 0 bridgehead atoms. The number of amides is 1. The number of unbranched alkanes of at least 4 members (excludes halogenated alkanes) is 40. The van der Waals surface area contributed by atoms with E-state index in [4.69, 9.17) is 14.2 Å². The molecule has 11 heteroatoms. The molecule has 11 nitrogen and oxygen atoms in total. The number of carbonyl (C=O) groups excluding carboxylic acids is 2. The maximum absolute atomic E-state index is 13.5. The molecule has 528 valence electrons. The number of aliphatic hydroxyl groups is 5. The van der Waals surface area contributed by atoms with Gasteiger partial charge >= 0.3 is 5.97 Å². The summed E-state index contributed by atoms with van der Waals surface area (Å²) in [7, 11) is 0. The molecule has 0 aromatic carbocycles. The van der Waals surface area contributed by atoms with Crippen molar-refractivity contribution in [1.82, 2.24) is 5.32 Å². The predicted molar refractivity (Wildman–Crippen MR) is 384 cm³/mol. The molecule has 0 aromatic heterocycles. The first-order valence-corrected chi connectivity index (χ1v) is 38.4. The zero-order chi connectivity index (χ0) is 66.0. The lowest BCUT2D eigenvalue weighted by Crippen LogP contribution is -2.61. The van der Waals surface area contributed by atoms with Gasteiger partial charge in [0.2, 0.25) is 5.91 Å². The first kappa shape index (κ1) is 85.9. The minimum absolute atomic E-state index is 0.121. The van der Waals surface area contributed by atoms with Gasteiger partial charge in [0.1, 0.15) is 24.4 Å². The average molecular weight is 1280 g/mol. The van der Waals surface area contributed by atoms with E-state index in [0.29, 0.717) is 12.8 Å². The van der Waals surface area contributed by atoms with Gasteiger partial charge in [0.25, 0.3) is 0 Å². The van der Waals surface area contributed by atoms with Crippen molar-refractivity contribution >= 4 is 11.9 Å². The zero-order valence-corrected chi connectivity index (χ0v) is 59.0. The van der Waals surface area contributed by atoms with E-state index in [9.17, 15) is 35.1 Å². The molecule has 0 spiro atoms. The molecule has 1 amide bonds. The third kappa shape index (κ3) is 53.7. The summed E-state index contributed by atoms with van der Waals surface area (Å²) in [5.41, 5.74) is 0. The Balaban J connectivity index is 2.50. The number of hydrogen-bond donors (Lipinski definition) is 6. The largest absolute Gasteiger partial charge is 0.454 e. The highest BCUT2D eigenvalue weighted by atomic mass is 16.7. The van der Waals surface area contributed by atoms with Crippen molar-refractivity contribution in [3.05, 3.63) is 85.1 Å². The molecule has 0 saturated carbocycles. The summed E-state index contributed by atoms with van der Waals surface area (Å²) in [4.78, 5) is 26.7. The minimum atomic E-state index is -1.62. The van der Waals surface area contributed by atoms with Gasteiger partial charge in [-0.1, -0.05) is 324 Å². The van der Waals surface area contributed by atoms with E-state index < -0.39 is 67.4 Å². The Morgan fingerprint density at radius 2 is 0.758 bits per heavy atom. The van der Waals surface area contributed by atoms with Crippen LogP contribution < -0.4 is 5.32 Å². The van der Waals surface area contributed by atoms with E-state index in [1.165, 1.54) is 212 Å². The van der Waals surface area contributed by atoms with Crippen LogP contribution in [0.15, 0.2) is 85.1 Å². The van der Waals surface area contributed by atoms with Gasteiger partial charge in [-0.15, -0.1) is 0 Å². The summed E-state index contributed by atoms with van der Waals surface area (Å²) in [5, 5.41) is 57.3. The van der Waals surface area contributed by atoms with E-state index >= 15 is 0 Å². The summed E-state index contributed by atoms with van der Waals surface area (Å²) < 4.78 is 17.7. The van der Waals surface area contributed by atoms with Crippen LogP contribution in [0.1, 0.15) is 348 Å². The molecule has 1 fully saturated rings. The molecule has 8 unspecified atom stereocenters. The molecule has 6 N–H and O–H groups in total. The van der Waals surface area contributed by atoms with E-state index in [-0.39, 0.29) is 19.4 Å². The van der Waals surface area contributed by atoms with Crippen molar-refractivity contribution in [2.45, 2.75) is 397 Å². The number of esters is 1. The highest BCUT2D eigenvalue weighted by Gasteiger charge is 2.47. The van der Waals surface area contributed by atoms with Crippen LogP contribution >= 0.6 is 0 Å². The normalized spacial score (nSPS) is 18.4. The fraction of sp³-hybridized carbons (Fsp3) is 0.800. The smallest absolute Gasteiger partial charge is 0.306 e. The Morgan fingerprint density at radius 3 is 1.15 bits per heavy atom. The maximum Gasteiger partial charge on any atom is 0.306 e. The van der Waals surface area contributed by atoms with Crippen LogP contribution in [0, 0.1) is 0 Å². The van der Waals surface area contributed by atoms with Crippen molar-refractivity contribution in [2.24, 2.45) is 0 Å². The molecular weight excluding hydrogens is 1130 g/mol. The molecule has 1 saturated heterocycles. The number of ether oxygens (including phenoxy) is 3. The molecule has 1 rings (SSSR count). The van der Waals surface area contributed by atoms with Gasteiger partial charge in [-0.2, -0.15) is 0 Å². The molecule has 0 radical (unpaired) electrons. The van der Waals surface area contributed by atoms with Gasteiger partial charge in [0.05, 0.1) is 25.4 Å². The van der Waals surface area contributed by atoms with Crippen LogP contribution in [0.5, 0.6) is 0 Å². The Kier molecular flexibility index (Phi) is 63.1. The van der Waals surface area contributed by atoms with Crippen LogP contribution in [0.25, 0.3) is 0 Å². The molecule has 91 heavy (non-hydrogen) atoms. The molecule has 1 aliphatic rings. The Labute approximate surface area is 559 Å². The molecule has 1 heterocycles. The third-order valence-corrected chi connectivity index (χ3v) is 17.8. The monoisotopic (exact) mass is 1280 g/mol. The highest BCUT2D eigenvalue weighted by Crippen LogP contribution is 2.26. The Bertz CT molecular complexity index is 1810. The fourth-order valence-corrected chi connectivity index (χ4v) is 11.7. The molecule has 0 aliphatic carbocycles. The fourth-order valence-electron chi connectivity index (χ4n) is 11.7. The van der Waals surface area contributed by atoms with E-state index in [1.807, 2.05) is 6.08 Å². The summed E-state index contributed by atoms with van der Waals surface area (Å²) >= 11 is 0. The van der Waals surface area contributed by atoms with E-state index in [1.54, 1.807) is 6.08 Å². The minimum Gasteiger partial charge on any atom is -0.454 e. The number of allylic oxidation sites excluding steroid dienone is 13. The van der Waals surface area contributed by atoms with Crippen molar-refractivity contribution in [3.63, 3.8) is 0 Å². The topological polar surface area (TPSA) is 175 Å². The van der Waals surface area contributed by atoms with Crippen LogP contribution in [0.3, 0.4) is 0 Å². The molecular formula is C80H143NO10. The van der Waals surface area contributed by atoms with Gasteiger partial charge < -0.3 is 45.1 Å². The van der Waals surface area contributed by atoms with E-state index in [0.717, 1.165) is 89.9 Å². The van der Waals surface area contributed by atoms with Crippen LogP contribution in [0.4, 0.5) is 0 Å².